The smallest absolute Gasteiger partial charge is 0.127 e. The normalized spacial score (nSPS) is 11.1. The molecule has 0 aliphatic heterocycles. The zero-order valence-electron chi connectivity index (χ0n) is 12.0. The molecule has 0 unspecified atom stereocenters. The molecule has 0 amide bonds. The number of fused-ring (bicyclic) bond motifs is 1. The Morgan fingerprint density at radius 1 is 1.05 bits per heavy atom. The van der Waals surface area contributed by atoms with Crippen molar-refractivity contribution in [1.82, 2.24) is 15.1 Å². The number of aromatic amines is 1. The molecular formula is C18H15N3O. The van der Waals surface area contributed by atoms with Crippen LogP contribution in [-0.2, 0) is 12.8 Å². The molecule has 1 N–H and O–H groups in total. The summed E-state index contributed by atoms with van der Waals surface area (Å²) < 4.78 is 5.19. The fraction of sp³-hybridized carbons (Fsp3) is 0.111. The van der Waals surface area contributed by atoms with E-state index in [1.807, 2.05) is 24.5 Å². The summed E-state index contributed by atoms with van der Waals surface area (Å²) in [6.45, 7) is 0. The van der Waals surface area contributed by atoms with Gasteiger partial charge < -0.3 is 9.51 Å². The Morgan fingerprint density at radius 2 is 1.95 bits per heavy atom. The molecule has 3 aromatic heterocycles. The second-order valence-electron chi connectivity index (χ2n) is 5.31. The van der Waals surface area contributed by atoms with Crippen molar-refractivity contribution in [2.45, 2.75) is 12.8 Å². The third-order valence-corrected chi connectivity index (χ3v) is 3.84. The van der Waals surface area contributed by atoms with Crippen molar-refractivity contribution in [2.24, 2.45) is 0 Å². The summed E-state index contributed by atoms with van der Waals surface area (Å²) in [5.74, 6) is 0. The molecule has 0 spiro atoms. The molecule has 0 aliphatic carbocycles. The van der Waals surface area contributed by atoms with E-state index < -0.39 is 0 Å². The largest absolute Gasteiger partial charge is 0.364 e. The number of nitrogens with zero attached hydrogens (tertiary/aromatic N) is 2. The van der Waals surface area contributed by atoms with Gasteiger partial charge in [-0.1, -0.05) is 35.5 Å². The molecule has 0 saturated heterocycles. The van der Waals surface area contributed by atoms with Crippen LogP contribution >= 0.6 is 0 Å². The van der Waals surface area contributed by atoms with Crippen LogP contribution in [0.1, 0.15) is 11.1 Å². The van der Waals surface area contributed by atoms with Gasteiger partial charge in [-0.05, 0) is 30.5 Å². The Balaban J connectivity index is 1.61. The maximum atomic E-state index is 5.19. The highest BCUT2D eigenvalue weighted by Gasteiger charge is 2.11. The van der Waals surface area contributed by atoms with Crippen molar-refractivity contribution in [2.75, 3.05) is 0 Å². The third-order valence-electron chi connectivity index (χ3n) is 3.84. The first-order chi connectivity index (χ1) is 10.9. The minimum Gasteiger partial charge on any atom is -0.364 e. The number of rotatable bonds is 4. The molecule has 0 aliphatic rings. The molecule has 0 saturated carbocycles. The number of H-pyrrole nitrogens is 1. The SMILES string of the molecule is c1ccc(CCc2conc2-c2cnc3cc[nH]c3c2)cc1. The zero-order valence-corrected chi connectivity index (χ0v) is 12.0. The molecule has 4 aromatic rings. The van der Waals surface area contributed by atoms with E-state index in [2.05, 4.69) is 45.5 Å². The van der Waals surface area contributed by atoms with Crippen LogP contribution in [-0.4, -0.2) is 15.1 Å². The van der Waals surface area contributed by atoms with E-state index in [4.69, 9.17) is 4.52 Å². The van der Waals surface area contributed by atoms with Gasteiger partial charge in [-0.25, -0.2) is 0 Å². The summed E-state index contributed by atoms with van der Waals surface area (Å²) in [4.78, 5) is 7.62. The second-order valence-corrected chi connectivity index (χ2v) is 5.31. The van der Waals surface area contributed by atoms with Gasteiger partial charge in [0.2, 0.25) is 0 Å². The molecule has 4 nitrogen and oxygen atoms in total. The lowest BCUT2D eigenvalue weighted by molar-refractivity contribution is 0.421. The van der Waals surface area contributed by atoms with E-state index in [-0.39, 0.29) is 0 Å². The Hall–Kier alpha value is -2.88. The van der Waals surface area contributed by atoms with E-state index in [1.165, 1.54) is 5.56 Å². The molecule has 0 bridgehead atoms. The van der Waals surface area contributed by atoms with Crippen LogP contribution in [0, 0.1) is 0 Å². The highest BCUT2D eigenvalue weighted by atomic mass is 16.5. The predicted molar refractivity (Wildman–Crippen MR) is 85.4 cm³/mol. The number of aromatic nitrogens is 3. The van der Waals surface area contributed by atoms with E-state index >= 15 is 0 Å². The lowest BCUT2D eigenvalue weighted by Crippen LogP contribution is -1.93. The zero-order chi connectivity index (χ0) is 14.8. The van der Waals surface area contributed by atoms with Crippen molar-refractivity contribution >= 4 is 11.0 Å². The Morgan fingerprint density at radius 3 is 2.86 bits per heavy atom. The number of aryl methyl sites for hydroxylation is 2. The number of pyridine rings is 1. The van der Waals surface area contributed by atoms with Crippen LogP contribution in [0.2, 0.25) is 0 Å². The Bertz CT molecular complexity index is 893. The maximum absolute atomic E-state index is 5.19. The van der Waals surface area contributed by atoms with Gasteiger partial charge in [0.25, 0.3) is 0 Å². The van der Waals surface area contributed by atoms with Gasteiger partial charge >= 0.3 is 0 Å². The summed E-state index contributed by atoms with van der Waals surface area (Å²) in [6, 6.07) is 14.5. The van der Waals surface area contributed by atoms with Gasteiger partial charge in [-0.15, -0.1) is 0 Å². The van der Waals surface area contributed by atoms with Crippen LogP contribution in [0.5, 0.6) is 0 Å². The molecule has 0 atom stereocenters. The minimum atomic E-state index is 0.875. The van der Waals surface area contributed by atoms with Crippen molar-refractivity contribution in [3.8, 4) is 11.3 Å². The fourth-order valence-corrected chi connectivity index (χ4v) is 2.66. The molecule has 108 valence electrons. The van der Waals surface area contributed by atoms with Gasteiger partial charge in [0.1, 0.15) is 12.0 Å². The number of hydrogen-bond donors (Lipinski definition) is 1. The quantitative estimate of drug-likeness (QED) is 0.617. The second kappa shape index (κ2) is 5.48. The number of benzene rings is 1. The lowest BCUT2D eigenvalue weighted by atomic mass is 10.0. The van der Waals surface area contributed by atoms with Crippen LogP contribution in [0.15, 0.2) is 65.6 Å². The van der Waals surface area contributed by atoms with Gasteiger partial charge in [-0.2, -0.15) is 0 Å². The van der Waals surface area contributed by atoms with Crippen LogP contribution in [0.25, 0.3) is 22.3 Å². The average molecular weight is 289 g/mol. The summed E-state index contributed by atoms with van der Waals surface area (Å²) in [7, 11) is 0. The first-order valence-electron chi connectivity index (χ1n) is 7.31. The average Bonchev–Trinajstić information content (AvgIpc) is 3.22. The Labute approximate surface area is 127 Å². The van der Waals surface area contributed by atoms with Gasteiger partial charge in [0.05, 0.1) is 11.0 Å². The lowest BCUT2D eigenvalue weighted by Gasteiger charge is -2.02. The molecule has 0 fully saturated rings. The Kier molecular flexibility index (Phi) is 3.20. The van der Waals surface area contributed by atoms with Gasteiger partial charge in [-0.3, -0.25) is 4.98 Å². The van der Waals surface area contributed by atoms with Crippen LogP contribution in [0.4, 0.5) is 0 Å². The van der Waals surface area contributed by atoms with E-state index in [9.17, 15) is 0 Å². The van der Waals surface area contributed by atoms with Gasteiger partial charge in [0.15, 0.2) is 0 Å². The van der Waals surface area contributed by atoms with Crippen molar-refractivity contribution in [3.05, 3.63) is 72.2 Å². The van der Waals surface area contributed by atoms with Crippen LogP contribution in [0.3, 0.4) is 0 Å². The van der Waals surface area contributed by atoms with E-state index in [0.717, 1.165) is 40.7 Å². The molecule has 3 heterocycles. The van der Waals surface area contributed by atoms with Crippen LogP contribution < -0.4 is 0 Å². The molecular weight excluding hydrogens is 274 g/mol. The fourth-order valence-electron chi connectivity index (χ4n) is 2.66. The minimum absolute atomic E-state index is 0.875. The molecule has 0 radical (unpaired) electrons. The number of nitrogens with one attached hydrogen (secondary N) is 1. The number of hydrogen-bond acceptors (Lipinski definition) is 3. The predicted octanol–water partition coefficient (Wildman–Crippen LogP) is 4.00. The highest BCUT2D eigenvalue weighted by Crippen LogP contribution is 2.25. The molecule has 22 heavy (non-hydrogen) atoms. The van der Waals surface area contributed by atoms with Crippen molar-refractivity contribution in [1.29, 1.82) is 0 Å². The van der Waals surface area contributed by atoms with Gasteiger partial charge in [0, 0.05) is 23.5 Å². The first-order valence-corrected chi connectivity index (χ1v) is 7.31. The summed E-state index contributed by atoms with van der Waals surface area (Å²) in [5, 5.41) is 4.16. The molecule has 4 heteroatoms. The van der Waals surface area contributed by atoms with E-state index in [1.54, 1.807) is 6.26 Å². The standard InChI is InChI=1S/C18H15N3O/c1-2-4-13(5-3-1)6-7-14-12-22-21-18(14)15-10-17-16(20-11-15)8-9-19-17/h1-5,8-12,19H,6-7H2. The molecule has 1 aromatic carbocycles. The third kappa shape index (κ3) is 2.39. The maximum Gasteiger partial charge on any atom is 0.127 e. The summed E-state index contributed by atoms with van der Waals surface area (Å²) >= 11 is 0. The van der Waals surface area contributed by atoms with Crippen molar-refractivity contribution in [3.63, 3.8) is 0 Å². The van der Waals surface area contributed by atoms with E-state index in [0.29, 0.717) is 0 Å². The van der Waals surface area contributed by atoms with Crippen molar-refractivity contribution < 1.29 is 4.52 Å². The summed E-state index contributed by atoms with van der Waals surface area (Å²) in [6.07, 6.45) is 7.33. The first kappa shape index (κ1) is 12.8. The highest BCUT2D eigenvalue weighted by molar-refractivity contribution is 5.80. The topological polar surface area (TPSA) is 54.7 Å². The molecule has 4 rings (SSSR count). The summed E-state index contributed by atoms with van der Waals surface area (Å²) in [5.41, 5.74) is 6.24. The monoisotopic (exact) mass is 289 g/mol.